The molecule has 0 saturated carbocycles. The number of fused-ring (bicyclic) bond motifs is 1. The van der Waals surface area contributed by atoms with Gasteiger partial charge in [0.25, 0.3) is 0 Å². The van der Waals surface area contributed by atoms with Crippen LogP contribution in [0.2, 0.25) is 0 Å². The van der Waals surface area contributed by atoms with Crippen LogP contribution in [0.4, 0.5) is 0 Å². The zero-order valence-corrected chi connectivity index (χ0v) is 18.6. The molecule has 0 saturated heterocycles. The molecular weight excluding hydrogens is 364 g/mol. The maximum atomic E-state index is 12.7. The molecule has 1 atom stereocenters. The van der Waals surface area contributed by atoms with E-state index in [1.165, 1.54) is 11.1 Å². The molecular formula is C25H36O4. The summed E-state index contributed by atoms with van der Waals surface area (Å²) in [7, 11) is 0. The first-order valence-electron chi connectivity index (χ1n) is 10.9. The van der Waals surface area contributed by atoms with E-state index in [1.54, 1.807) is 6.07 Å². The number of esters is 1. The second-order valence-corrected chi connectivity index (χ2v) is 8.13. The van der Waals surface area contributed by atoms with E-state index < -0.39 is 6.29 Å². The van der Waals surface area contributed by atoms with Gasteiger partial charge in [-0.25, -0.2) is 4.79 Å². The number of benzene rings is 1. The number of rotatable bonds is 10. The van der Waals surface area contributed by atoms with Crippen molar-refractivity contribution in [3.63, 3.8) is 0 Å². The Morgan fingerprint density at radius 2 is 1.90 bits per heavy atom. The normalized spacial score (nSPS) is 16.1. The van der Waals surface area contributed by atoms with Crippen LogP contribution >= 0.6 is 0 Å². The minimum absolute atomic E-state index is 0.202. The van der Waals surface area contributed by atoms with E-state index in [1.807, 2.05) is 6.92 Å². The highest BCUT2D eigenvalue weighted by Crippen LogP contribution is 2.40. The largest absolute Gasteiger partial charge is 0.508 e. The maximum absolute atomic E-state index is 12.7. The van der Waals surface area contributed by atoms with Gasteiger partial charge in [0.05, 0.1) is 0 Å². The van der Waals surface area contributed by atoms with Crippen LogP contribution in [0.3, 0.4) is 0 Å². The van der Waals surface area contributed by atoms with Crippen molar-refractivity contribution in [1.29, 1.82) is 0 Å². The summed E-state index contributed by atoms with van der Waals surface area (Å²) in [6, 6.07) is 1.73. The van der Waals surface area contributed by atoms with Crippen LogP contribution in [-0.2, 0) is 17.6 Å². The van der Waals surface area contributed by atoms with Crippen LogP contribution in [0.1, 0.15) is 94.6 Å². The lowest BCUT2D eigenvalue weighted by Crippen LogP contribution is -2.31. The minimum Gasteiger partial charge on any atom is -0.508 e. The molecule has 0 bridgehead atoms. The fraction of sp³-hybridized carbons (Fsp3) is 0.560. The highest BCUT2D eigenvalue weighted by Gasteiger charge is 2.32. The minimum atomic E-state index is -0.596. The molecule has 1 aromatic carbocycles. The van der Waals surface area contributed by atoms with Gasteiger partial charge in [-0.15, -0.1) is 0 Å². The van der Waals surface area contributed by atoms with Crippen LogP contribution < -0.4 is 4.74 Å². The van der Waals surface area contributed by atoms with E-state index >= 15 is 0 Å². The Labute approximate surface area is 175 Å². The SMILES string of the molecule is CCCCCc1cc(O)c(CC=C(C)CCC=C(C)C)c2c1C(=O)OC(CC)O2. The Morgan fingerprint density at radius 3 is 2.55 bits per heavy atom. The van der Waals surface area contributed by atoms with Gasteiger partial charge in [-0.1, -0.05) is 50.0 Å². The van der Waals surface area contributed by atoms with Crippen molar-refractivity contribution < 1.29 is 19.4 Å². The number of unbranched alkanes of at least 4 members (excludes halogenated alkanes) is 2. The van der Waals surface area contributed by atoms with E-state index in [4.69, 9.17) is 9.47 Å². The average molecular weight is 401 g/mol. The summed E-state index contributed by atoms with van der Waals surface area (Å²) in [5.74, 6) is 0.371. The van der Waals surface area contributed by atoms with Crippen LogP contribution in [0.5, 0.6) is 11.5 Å². The third-order valence-corrected chi connectivity index (χ3v) is 5.26. The van der Waals surface area contributed by atoms with Gasteiger partial charge >= 0.3 is 5.97 Å². The zero-order valence-electron chi connectivity index (χ0n) is 18.6. The molecule has 0 aromatic heterocycles. The smallest absolute Gasteiger partial charge is 0.345 e. The molecule has 160 valence electrons. The van der Waals surface area contributed by atoms with Crippen LogP contribution in [-0.4, -0.2) is 17.4 Å². The predicted molar refractivity (Wildman–Crippen MR) is 118 cm³/mol. The van der Waals surface area contributed by atoms with Crippen LogP contribution in [0.15, 0.2) is 29.4 Å². The van der Waals surface area contributed by atoms with E-state index in [-0.39, 0.29) is 11.7 Å². The summed E-state index contributed by atoms with van der Waals surface area (Å²) < 4.78 is 11.5. The van der Waals surface area contributed by atoms with E-state index in [2.05, 4.69) is 39.8 Å². The Kier molecular flexibility index (Phi) is 8.81. The number of cyclic esters (lactones) is 1. The summed E-state index contributed by atoms with van der Waals surface area (Å²) in [5, 5.41) is 10.7. The average Bonchev–Trinajstić information content (AvgIpc) is 2.66. The molecule has 4 heteroatoms. The van der Waals surface area contributed by atoms with Crippen molar-refractivity contribution in [2.45, 2.75) is 92.3 Å². The number of phenolic OH excluding ortho intramolecular Hbond substituents is 1. The monoisotopic (exact) mass is 400 g/mol. The third-order valence-electron chi connectivity index (χ3n) is 5.26. The van der Waals surface area contributed by atoms with Gasteiger partial charge in [-0.3, -0.25) is 0 Å². The third kappa shape index (κ3) is 6.38. The fourth-order valence-electron chi connectivity index (χ4n) is 3.52. The Bertz CT molecular complexity index is 770. The molecule has 1 aromatic rings. The van der Waals surface area contributed by atoms with Crippen molar-refractivity contribution in [2.24, 2.45) is 0 Å². The summed E-state index contributed by atoms with van der Waals surface area (Å²) in [5.41, 5.74) is 4.57. The number of phenols is 1. The van der Waals surface area contributed by atoms with E-state index in [0.29, 0.717) is 29.7 Å². The topological polar surface area (TPSA) is 55.8 Å². The fourth-order valence-corrected chi connectivity index (χ4v) is 3.52. The van der Waals surface area contributed by atoms with Crippen LogP contribution in [0, 0.1) is 0 Å². The number of hydrogen-bond acceptors (Lipinski definition) is 4. The molecule has 0 aliphatic carbocycles. The lowest BCUT2D eigenvalue weighted by molar-refractivity contribution is -0.0618. The van der Waals surface area contributed by atoms with Gasteiger partial charge in [0.1, 0.15) is 17.1 Å². The van der Waals surface area contributed by atoms with Gasteiger partial charge in [-0.05, 0) is 64.5 Å². The number of ether oxygens (including phenoxy) is 2. The van der Waals surface area contributed by atoms with Gasteiger partial charge in [0, 0.05) is 12.0 Å². The number of carbonyl (C=O) groups is 1. The van der Waals surface area contributed by atoms with Gasteiger partial charge in [0.15, 0.2) is 0 Å². The van der Waals surface area contributed by atoms with E-state index in [0.717, 1.165) is 44.1 Å². The van der Waals surface area contributed by atoms with Crippen molar-refractivity contribution in [1.82, 2.24) is 0 Å². The number of carbonyl (C=O) groups excluding carboxylic acids is 1. The highest BCUT2D eigenvalue weighted by atomic mass is 16.7. The standard InChI is InChI=1S/C25H36O4/c1-6-8-9-13-19-16-21(26)20(15-14-18(5)12-10-11-17(3)4)24-23(19)25(27)29-22(7-2)28-24/h11,14,16,22,26H,6-10,12-13,15H2,1-5H3. The second-order valence-electron chi connectivity index (χ2n) is 8.13. The predicted octanol–water partition coefficient (Wildman–Crippen LogP) is 6.65. The number of allylic oxidation sites excluding steroid dienone is 4. The van der Waals surface area contributed by atoms with Gasteiger partial charge < -0.3 is 14.6 Å². The van der Waals surface area contributed by atoms with E-state index in [9.17, 15) is 9.90 Å². The zero-order chi connectivity index (χ0) is 21.4. The van der Waals surface area contributed by atoms with Crippen molar-refractivity contribution in [3.8, 4) is 11.5 Å². The molecule has 4 nitrogen and oxygen atoms in total. The summed E-state index contributed by atoms with van der Waals surface area (Å²) in [6.07, 6.45) is 10.7. The van der Waals surface area contributed by atoms with Crippen molar-refractivity contribution in [2.75, 3.05) is 0 Å². The molecule has 0 spiro atoms. The summed E-state index contributed by atoms with van der Waals surface area (Å²) in [6.45, 7) is 10.4. The van der Waals surface area contributed by atoms with Crippen molar-refractivity contribution in [3.05, 3.63) is 46.1 Å². The molecule has 1 heterocycles. The lowest BCUT2D eigenvalue weighted by Gasteiger charge is -2.28. The molecule has 29 heavy (non-hydrogen) atoms. The Hall–Kier alpha value is -2.23. The molecule has 2 rings (SSSR count). The molecule has 1 aliphatic rings. The number of hydrogen-bond donors (Lipinski definition) is 1. The Morgan fingerprint density at radius 1 is 1.14 bits per heavy atom. The number of aromatic hydroxyl groups is 1. The molecule has 0 fully saturated rings. The van der Waals surface area contributed by atoms with Crippen LogP contribution in [0.25, 0.3) is 0 Å². The number of aryl methyl sites for hydroxylation is 1. The van der Waals surface area contributed by atoms with Gasteiger partial charge in [-0.2, -0.15) is 0 Å². The first-order valence-corrected chi connectivity index (χ1v) is 10.9. The molecule has 0 amide bonds. The molecule has 1 aliphatic heterocycles. The molecule has 1 unspecified atom stereocenters. The van der Waals surface area contributed by atoms with Crippen molar-refractivity contribution >= 4 is 5.97 Å². The highest BCUT2D eigenvalue weighted by molar-refractivity contribution is 5.96. The quantitative estimate of drug-likeness (QED) is 0.271. The molecule has 0 radical (unpaired) electrons. The first kappa shape index (κ1) is 23.1. The molecule has 1 N–H and O–H groups in total. The summed E-state index contributed by atoms with van der Waals surface area (Å²) >= 11 is 0. The first-order chi connectivity index (χ1) is 13.9. The lowest BCUT2D eigenvalue weighted by atomic mass is 9.94. The maximum Gasteiger partial charge on any atom is 0.345 e. The second kappa shape index (κ2) is 11.1. The summed E-state index contributed by atoms with van der Waals surface area (Å²) in [4.78, 5) is 12.7. The Balaban J connectivity index is 2.33. The van der Waals surface area contributed by atoms with Gasteiger partial charge in [0.2, 0.25) is 6.29 Å².